The first-order valence-electron chi connectivity index (χ1n) is 8.10. The van der Waals surface area contributed by atoms with Gasteiger partial charge < -0.3 is 10.2 Å². The van der Waals surface area contributed by atoms with Crippen molar-refractivity contribution in [3.8, 4) is 0 Å². The summed E-state index contributed by atoms with van der Waals surface area (Å²) in [6.45, 7) is 13.8. The third-order valence-electron chi connectivity index (χ3n) is 5.46. The lowest BCUT2D eigenvalue weighted by Crippen LogP contribution is -2.40. The zero-order chi connectivity index (χ0) is 13.0. The molecule has 0 aromatic rings. The number of rotatable bonds is 4. The number of likely N-dealkylation sites (tertiary alicyclic amines) is 1. The Kier molecular flexibility index (Phi) is 5.50. The van der Waals surface area contributed by atoms with Gasteiger partial charge >= 0.3 is 0 Å². The van der Waals surface area contributed by atoms with Crippen molar-refractivity contribution in [2.45, 2.75) is 46.5 Å². The van der Waals surface area contributed by atoms with Crippen LogP contribution in [0, 0.1) is 23.7 Å². The maximum absolute atomic E-state index is 3.55. The van der Waals surface area contributed by atoms with E-state index in [0.29, 0.717) is 0 Å². The summed E-state index contributed by atoms with van der Waals surface area (Å²) in [4.78, 5) is 2.71. The van der Waals surface area contributed by atoms with Crippen molar-refractivity contribution in [2.24, 2.45) is 23.7 Å². The summed E-state index contributed by atoms with van der Waals surface area (Å²) in [6.07, 6.45) is 5.63. The van der Waals surface area contributed by atoms with Crippen molar-refractivity contribution in [1.82, 2.24) is 10.2 Å². The Morgan fingerprint density at radius 1 is 1.22 bits per heavy atom. The first-order valence-corrected chi connectivity index (χ1v) is 8.10. The Balaban J connectivity index is 1.67. The van der Waals surface area contributed by atoms with Crippen LogP contribution in [0.2, 0.25) is 0 Å². The van der Waals surface area contributed by atoms with Crippen molar-refractivity contribution in [3.05, 3.63) is 0 Å². The Morgan fingerprint density at radius 2 is 2.06 bits per heavy atom. The normalized spacial score (nSPS) is 36.5. The fraction of sp³-hybridized carbons (Fsp3) is 1.00. The smallest absolute Gasteiger partial charge is 0.000957 e. The lowest BCUT2D eigenvalue weighted by molar-refractivity contribution is 0.125. The van der Waals surface area contributed by atoms with E-state index in [1.165, 1.54) is 58.4 Å². The van der Waals surface area contributed by atoms with Gasteiger partial charge in [0, 0.05) is 6.54 Å². The van der Waals surface area contributed by atoms with Crippen LogP contribution in [0.15, 0.2) is 0 Å². The van der Waals surface area contributed by atoms with Gasteiger partial charge in [-0.25, -0.2) is 0 Å². The van der Waals surface area contributed by atoms with Crippen molar-refractivity contribution in [2.75, 3.05) is 32.7 Å². The third kappa shape index (κ3) is 3.96. The predicted molar refractivity (Wildman–Crippen MR) is 78.8 cm³/mol. The average molecular weight is 252 g/mol. The summed E-state index contributed by atoms with van der Waals surface area (Å²) in [5.41, 5.74) is 0. The molecule has 2 saturated heterocycles. The number of piperidine rings is 2. The lowest BCUT2D eigenvalue weighted by atomic mass is 9.84. The molecule has 0 aromatic carbocycles. The quantitative estimate of drug-likeness (QED) is 0.827. The predicted octanol–water partition coefficient (Wildman–Crippen LogP) is 2.99. The summed E-state index contributed by atoms with van der Waals surface area (Å²) in [5.74, 6) is 3.65. The molecule has 0 spiro atoms. The Hall–Kier alpha value is -0.0800. The van der Waals surface area contributed by atoms with Crippen molar-refractivity contribution >= 4 is 0 Å². The molecule has 18 heavy (non-hydrogen) atoms. The largest absolute Gasteiger partial charge is 0.316 e. The van der Waals surface area contributed by atoms with E-state index in [4.69, 9.17) is 0 Å². The molecule has 0 aromatic heterocycles. The highest BCUT2D eigenvalue weighted by molar-refractivity contribution is 4.78. The van der Waals surface area contributed by atoms with Crippen LogP contribution in [0.4, 0.5) is 0 Å². The summed E-state index contributed by atoms with van der Waals surface area (Å²) < 4.78 is 0. The fourth-order valence-electron chi connectivity index (χ4n) is 3.54. The minimum Gasteiger partial charge on any atom is -0.316 e. The van der Waals surface area contributed by atoms with E-state index < -0.39 is 0 Å². The molecule has 2 heterocycles. The zero-order valence-corrected chi connectivity index (χ0v) is 12.6. The molecule has 2 fully saturated rings. The highest BCUT2D eigenvalue weighted by Crippen LogP contribution is 2.25. The van der Waals surface area contributed by atoms with Crippen LogP contribution in [0.25, 0.3) is 0 Å². The molecule has 106 valence electrons. The molecule has 2 aliphatic heterocycles. The van der Waals surface area contributed by atoms with Gasteiger partial charge in [-0.2, -0.15) is 0 Å². The van der Waals surface area contributed by atoms with Crippen LogP contribution in [0.3, 0.4) is 0 Å². The van der Waals surface area contributed by atoms with E-state index in [9.17, 15) is 0 Å². The van der Waals surface area contributed by atoms with Gasteiger partial charge in [0.15, 0.2) is 0 Å². The monoisotopic (exact) mass is 252 g/mol. The van der Waals surface area contributed by atoms with E-state index in [2.05, 4.69) is 31.0 Å². The first-order chi connectivity index (χ1) is 8.66. The van der Waals surface area contributed by atoms with E-state index in [1.807, 2.05) is 0 Å². The molecule has 0 radical (unpaired) electrons. The second kappa shape index (κ2) is 6.91. The van der Waals surface area contributed by atoms with Gasteiger partial charge in [0.25, 0.3) is 0 Å². The third-order valence-corrected chi connectivity index (χ3v) is 5.46. The van der Waals surface area contributed by atoms with E-state index in [0.717, 1.165) is 23.7 Å². The Morgan fingerprint density at radius 3 is 2.72 bits per heavy atom. The lowest BCUT2D eigenvalue weighted by Gasteiger charge is -2.36. The molecule has 4 unspecified atom stereocenters. The standard InChI is InChI=1S/C16H32N2/c1-13-6-9-18(12-15(13)3)10-7-14(2)16-5-4-8-17-11-16/h13-17H,4-12H2,1-3H3. The van der Waals surface area contributed by atoms with Gasteiger partial charge in [0.1, 0.15) is 0 Å². The summed E-state index contributed by atoms with van der Waals surface area (Å²) in [6, 6.07) is 0. The molecule has 0 amide bonds. The van der Waals surface area contributed by atoms with Crippen molar-refractivity contribution in [1.29, 1.82) is 0 Å². The van der Waals surface area contributed by atoms with Gasteiger partial charge in [-0.15, -0.1) is 0 Å². The van der Waals surface area contributed by atoms with Crippen molar-refractivity contribution < 1.29 is 0 Å². The molecule has 1 N–H and O–H groups in total. The SMILES string of the molecule is CC1CCN(CCC(C)C2CCCNC2)CC1C. The van der Waals surface area contributed by atoms with Crippen LogP contribution >= 0.6 is 0 Å². The molecule has 4 atom stereocenters. The number of nitrogens with one attached hydrogen (secondary N) is 1. The van der Waals surface area contributed by atoms with Crippen LogP contribution in [-0.4, -0.2) is 37.6 Å². The first kappa shape index (κ1) is 14.3. The molecular weight excluding hydrogens is 220 g/mol. The highest BCUT2D eigenvalue weighted by atomic mass is 15.1. The molecule has 0 bridgehead atoms. The zero-order valence-electron chi connectivity index (χ0n) is 12.6. The maximum atomic E-state index is 3.55. The number of nitrogens with zero attached hydrogens (tertiary/aromatic N) is 1. The molecule has 2 nitrogen and oxygen atoms in total. The summed E-state index contributed by atoms with van der Waals surface area (Å²) >= 11 is 0. The van der Waals surface area contributed by atoms with Gasteiger partial charge in [0.2, 0.25) is 0 Å². The molecule has 0 saturated carbocycles. The number of hydrogen-bond acceptors (Lipinski definition) is 2. The van der Waals surface area contributed by atoms with E-state index in [-0.39, 0.29) is 0 Å². The van der Waals surface area contributed by atoms with Gasteiger partial charge in [0.05, 0.1) is 0 Å². The topological polar surface area (TPSA) is 15.3 Å². The highest BCUT2D eigenvalue weighted by Gasteiger charge is 2.24. The fourth-order valence-corrected chi connectivity index (χ4v) is 3.54. The summed E-state index contributed by atoms with van der Waals surface area (Å²) in [7, 11) is 0. The second-order valence-electron chi connectivity index (χ2n) is 6.92. The second-order valence-corrected chi connectivity index (χ2v) is 6.92. The Labute approximate surface area is 114 Å². The minimum absolute atomic E-state index is 0.894. The molecule has 2 aliphatic rings. The maximum Gasteiger partial charge on any atom is 0.000957 e. The molecule has 2 rings (SSSR count). The molecule has 0 aliphatic carbocycles. The Bertz CT molecular complexity index is 233. The van der Waals surface area contributed by atoms with Crippen LogP contribution in [0.5, 0.6) is 0 Å². The number of hydrogen-bond donors (Lipinski definition) is 1. The van der Waals surface area contributed by atoms with E-state index >= 15 is 0 Å². The van der Waals surface area contributed by atoms with E-state index in [1.54, 1.807) is 0 Å². The molecule has 2 heteroatoms. The van der Waals surface area contributed by atoms with Crippen LogP contribution in [0.1, 0.15) is 46.5 Å². The van der Waals surface area contributed by atoms with Gasteiger partial charge in [-0.3, -0.25) is 0 Å². The molecular formula is C16H32N2. The van der Waals surface area contributed by atoms with Gasteiger partial charge in [-0.1, -0.05) is 20.8 Å². The average Bonchev–Trinajstić information content (AvgIpc) is 2.41. The summed E-state index contributed by atoms with van der Waals surface area (Å²) in [5, 5.41) is 3.55. The van der Waals surface area contributed by atoms with Crippen LogP contribution < -0.4 is 5.32 Å². The van der Waals surface area contributed by atoms with Crippen LogP contribution in [-0.2, 0) is 0 Å². The van der Waals surface area contributed by atoms with Gasteiger partial charge in [-0.05, 0) is 75.5 Å². The van der Waals surface area contributed by atoms with Crippen molar-refractivity contribution in [3.63, 3.8) is 0 Å². The minimum atomic E-state index is 0.894.